The molecule has 0 atom stereocenters. The lowest BCUT2D eigenvalue weighted by atomic mass is 9.80. The molecule has 0 saturated heterocycles. The van der Waals surface area contributed by atoms with Gasteiger partial charge in [0.2, 0.25) is 5.69 Å². The number of rotatable bonds is 23. The number of aromatic nitrogens is 3. The van der Waals surface area contributed by atoms with Crippen LogP contribution in [-0.2, 0) is 73.7 Å². The summed E-state index contributed by atoms with van der Waals surface area (Å²) in [6.07, 6.45) is 14.1. The van der Waals surface area contributed by atoms with E-state index in [1.54, 1.807) is 23.6 Å². The molecule has 1 aromatic heterocycles. The summed E-state index contributed by atoms with van der Waals surface area (Å²) in [5, 5.41) is 9.71. The lowest BCUT2D eigenvalue weighted by Gasteiger charge is -2.27. The molecular weight excluding hydrogens is 1010 g/mol. The lowest BCUT2D eigenvalue weighted by molar-refractivity contribution is -0.402. The van der Waals surface area contributed by atoms with Gasteiger partial charge in [0.05, 0.1) is 76.8 Å². The first-order valence-corrected chi connectivity index (χ1v) is 28.5. The topological polar surface area (TPSA) is 249 Å². The van der Waals surface area contributed by atoms with Crippen LogP contribution >= 0.6 is 0 Å². The van der Waals surface area contributed by atoms with Gasteiger partial charge in [-0.05, 0) is 149 Å². The largest absolute Gasteiger partial charge is 0.744 e. The van der Waals surface area contributed by atoms with Crippen molar-refractivity contribution in [2.24, 2.45) is 7.05 Å². The highest BCUT2D eigenvalue weighted by Crippen LogP contribution is 2.51. The number of fused-ring (bicyclic) bond motifs is 2. The second-order valence-corrected chi connectivity index (χ2v) is 23.8. The van der Waals surface area contributed by atoms with Gasteiger partial charge in [-0.15, -0.1) is 5.10 Å². The highest BCUT2D eigenvalue weighted by Gasteiger charge is 2.45. The molecule has 3 heterocycles. The Labute approximate surface area is 434 Å². The van der Waals surface area contributed by atoms with Crippen molar-refractivity contribution in [1.82, 2.24) is 15.0 Å². The molecule has 3 aromatic carbocycles. The second kappa shape index (κ2) is 22.8. The molecule has 0 amide bonds. The Hall–Kier alpha value is -5.40. The first-order chi connectivity index (χ1) is 34.8. The summed E-state index contributed by atoms with van der Waals surface area (Å²) in [4.78, 5) is 5.61. The highest BCUT2D eigenvalue weighted by atomic mass is 32.2. The Morgan fingerprint density at radius 3 is 1.99 bits per heavy atom. The van der Waals surface area contributed by atoms with Gasteiger partial charge in [0.15, 0.2) is 5.71 Å². The fourth-order valence-corrected chi connectivity index (χ4v) is 11.3. The van der Waals surface area contributed by atoms with Crippen LogP contribution in [0.5, 0.6) is 5.75 Å². The summed E-state index contributed by atoms with van der Waals surface area (Å²) >= 11 is 0. The molecule has 74 heavy (non-hydrogen) atoms. The van der Waals surface area contributed by atoms with Gasteiger partial charge < -0.3 is 23.5 Å². The van der Waals surface area contributed by atoms with E-state index in [-0.39, 0.29) is 27.9 Å². The first kappa shape index (κ1) is 56.3. The average molecular weight is 1080 g/mol. The minimum Gasteiger partial charge on any atom is -0.744 e. The molecule has 2 N–H and O–H groups in total. The zero-order valence-corrected chi connectivity index (χ0v) is 45.4. The van der Waals surface area contributed by atoms with Crippen LogP contribution < -0.4 is 9.80 Å². The molecule has 1 aliphatic carbocycles. The van der Waals surface area contributed by atoms with Crippen molar-refractivity contribution in [3.05, 3.63) is 130 Å². The lowest BCUT2D eigenvalue weighted by Crippen LogP contribution is -2.28. The van der Waals surface area contributed by atoms with Gasteiger partial charge in [-0.2, -0.15) is 21.4 Å². The van der Waals surface area contributed by atoms with Crippen molar-refractivity contribution >= 4 is 47.4 Å². The quantitative estimate of drug-likeness (QED) is 0.0414. The number of allylic oxidation sites excluding steroid dienone is 7. The molecule has 0 saturated carbocycles. The number of aryl methyl sites for hydroxylation is 4. The highest BCUT2D eigenvalue weighted by molar-refractivity contribution is 7.86. The van der Waals surface area contributed by atoms with Crippen LogP contribution in [0.25, 0.3) is 0 Å². The van der Waals surface area contributed by atoms with Crippen molar-refractivity contribution in [3.8, 4) is 5.75 Å². The number of hydrogen-bond donors (Lipinski definition) is 2. The summed E-state index contributed by atoms with van der Waals surface area (Å²) in [5.74, 6) is 0.783. The number of benzene rings is 3. The third-order valence-corrected chi connectivity index (χ3v) is 15.9. The molecule has 0 radical (unpaired) electrons. The van der Waals surface area contributed by atoms with Gasteiger partial charge >= 0.3 is 0 Å². The molecule has 22 heteroatoms. The molecule has 2 aliphatic heterocycles. The van der Waals surface area contributed by atoms with Crippen LogP contribution in [0.4, 0.5) is 11.4 Å². The third-order valence-electron chi connectivity index (χ3n) is 13.4. The van der Waals surface area contributed by atoms with E-state index in [1.165, 1.54) is 48.5 Å². The number of unbranched alkanes of at least 4 members (excludes halogenated alkanes) is 1. The number of anilines is 1. The maximum atomic E-state index is 12.5. The summed E-state index contributed by atoms with van der Waals surface area (Å²) in [6.45, 7) is 13.8. The Bertz CT molecular complexity index is 3260. The molecule has 400 valence electrons. The fourth-order valence-electron chi connectivity index (χ4n) is 9.63. The number of nitrogens with zero attached hydrogens (tertiary/aromatic N) is 5. The Morgan fingerprint density at radius 1 is 0.743 bits per heavy atom. The summed E-state index contributed by atoms with van der Waals surface area (Å²) in [7, 11) is -10.0. The summed E-state index contributed by atoms with van der Waals surface area (Å²) in [5.41, 5.74) is 6.29. The molecule has 4 aromatic rings. The van der Waals surface area contributed by atoms with Crippen LogP contribution in [0, 0.1) is 13.8 Å². The normalized spacial score (nSPS) is 17.9. The maximum Gasteiger partial charge on any atom is 0.294 e. The minimum atomic E-state index is -4.72. The van der Waals surface area contributed by atoms with E-state index in [0.717, 1.165) is 47.5 Å². The predicted octanol–water partition coefficient (Wildman–Crippen LogP) is 7.52. The molecule has 0 fully saturated rings. The molecule has 7 rings (SSSR count). The van der Waals surface area contributed by atoms with Gasteiger partial charge in [0, 0.05) is 42.5 Å². The van der Waals surface area contributed by atoms with Gasteiger partial charge in [0.1, 0.15) is 28.7 Å². The summed E-state index contributed by atoms with van der Waals surface area (Å²) in [6, 6.07) is 11.1. The van der Waals surface area contributed by atoms with Crippen LogP contribution in [0.3, 0.4) is 0 Å². The fraction of sp³-hybridized carbons (Fsp3) is 0.442. The van der Waals surface area contributed by atoms with Gasteiger partial charge in [-0.25, -0.2) is 13.5 Å². The first-order valence-electron chi connectivity index (χ1n) is 24.2. The van der Waals surface area contributed by atoms with E-state index in [2.05, 4.69) is 10.3 Å². The standard InChI is InChI=1S/C52H65N5O14S3/c1-35-30-42(73(61,62)63)32-44-48(35)56(8)46(51(44,3)4)21-15-37-12-11-13-38(50(37)71-40-17-19-41(20-18-40)72(58,59)60)16-22-47-52(5,6)45-33-43(74(64,65)66)31-36(2)49(45)57(47)70-29-28-69-27-26-68-25-24-67-23-10-9-14-39-34-55(7)54-53-39/h15-22,30-34H,9-14,23-29H2,1-8H3,(H2-,58,59,60,61,62,63,64,65,66). The average Bonchev–Trinajstić information content (AvgIpc) is 3.90. The van der Waals surface area contributed by atoms with Gasteiger partial charge in [0.25, 0.3) is 20.2 Å². The Kier molecular flexibility index (Phi) is 17.4. The van der Waals surface area contributed by atoms with E-state index in [9.17, 15) is 38.9 Å². The SMILES string of the molecule is Cc1cc(S(=O)(=O)O)cc2c1N(OCCOCCOCCOCCCCc1cn(C)nn1)/C(=C/C=C1\CCCC(/C=C/C3=[N+](C)c4c(C)cc(S(=O)(=O)[O-])cc4C3(C)C)=C1Oc1ccc(S(=O)(=O)O)cc1)C2(C)C. The molecular formula is C52H65N5O14S3. The van der Waals surface area contributed by atoms with Crippen LogP contribution in [-0.4, -0.2) is 117 Å². The molecule has 19 nitrogen and oxygen atoms in total. The molecule has 0 bridgehead atoms. The Balaban J connectivity index is 1.13. The molecule has 3 aliphatic rings. The van der Waals surface area contributed by atoms with Crippen LogP contribution in [0.15, 0.2) is 116 Å². The Morgan fingerprint density at radius 2 is 1.36 bits per heavy atom. The smallest absolute Gasteiger partial charge is 0.294 e. The molecule has 0 spiro atoms. The number of hydrogen-bond acceptors (Lipinski definition) is 15. The molecule has 0 unspecified atom stereocenters. The predicted molar refractivity (Wildman–Crippen MR) is 275 cm³/mol. The zero-order chi connectivity index (χ0) is 53.8. The van der Waals surface area contributed by atoms with Crippen molar-refractivity contribution in [2.75, 3.05) is 58.4 Å². The van der Waals surface area contributed by atoms with Gasteiger partial charge in [-0.1, -0.05) is 25.1 Å². The van der Waals surface area contributed by atoms with Crippen molar-refractivity contribution in [1.29, 1.82) is 0 Å². The minimum absolute atomic E-state index is 0.115. The number of ether oxygens (including phenoxy) is 4. The monoisotopic (exact) mass is 1080 g/mol. The maximum absolute atomic E-state index is 12.5. The van der Waals surface area contributed by atoms with E-state index in [0.29, 0.717) is 97.4 Å². The van der Waals surface area contributed by atoms with Gasteiger partial charge in [-0.3, -0.25) is 18.6 Å². The third kappa shape index (κ3) is 13.0. The van der Waals surface area contributed by atoms with Crippen LogP contribution in [0.2, 0.25) is 0 Å². The van der Waals surface area contributed by atoms with Crippen molar-refractivity contribution in [3.63, 3.8) is 0 Å². The summed E-state index contributed by atoms with van der Waals surface area (Å²) < 4.78 is 133. The van der Waals surface area contributed by atoms with E-state index in [4.69, 9.17) is 23.8 Å². The van der Waals surface area contributed by atoms with Crippen LogP contribution in [0.1, 0.15) is 87.7 Å². The van der Waals surface area contributed by atoms with Crippen molar-refractivity contribution in [2.45, 2.75) is 106 Å². The van der Waals surface area contributed by atoms with E-state index in [1.807, 2.05) is 76.9 Å². The van der Waals surface area contributed by atoms with E-state index >= 15 is 0 Å². The number of hydroxylamine groups is 1. The van der Waals surface area contributed by atoms with Crippen molar-refractivity contribution < 1.29 is 67.3 Å². The second-order valence-electron chi connectivity index (χ2n) is 19.5. The van der Waals surface area contributed by atoms with E-state index < -0.39 is 41.2 Å². The zero-order valence-electron chi connectivity index (χ0n) is 43.0.